The summed E-state index contributed by atoms with van der Waals surface area (Å²) in [5.41, 5.74) is 7.27. The second kappa shape index (κ2) is 5.52. The maximum absolute atomic E-state index is 6.15. The van der Waals surface area contributed by atoms with Gasteiger partial charge in [0.05, 0.1) is 12.2 Å². The van der Waals surface area contributed by atoms with Crippen LogP contribution < -0.4 is 10.5 Å². The van der Waals surface area contributed by atoms with E-state index in [0.29, 0.717) is 6.10 Å². The summed E-state index contributed by atoms with van der Waals surface area (Å²) in [7, 11) is 1.71. The lowest BCUT2D eigenvalue weighted by molar-refractivity contribution is 0.104. The van der Waals surface area contributed by atoms with Crippen LogP contribution in [0.25, 0.3) is 0 Å². The van der Waals surface area contributed by atoms with Gasteiger partial charge in [-0.25, -0.2) is 0 Å². The Hall–Kier alpha value is -1.06. The lowest BCUT2D eigenvalue weighted by atomic mass is 10.0. The van der Waals surface area contributed by atoms with Crippen molar-refractivity contribution in [2.45, 2.75) is 44.4 Å². The van der Waals surface area contributed by atoms with Gasteiger partial charge in [-0.05, 0) is 43.9 Å². The van der Waals surface area contributed by atoms with E-state index in [1.54, 1.807) is 7.11 Å². The van der Waals surface area contributed by atoms with Gasteiger partial charge in [-0.1, -0.05) is 12.1 Å². The van der Waals surface area contributed by atoms with E-state index < -0.39 is 0 Å². The summed E-state index contributed by atoms with van der Waals surface area (Å²) < 4.78 is 11.0. The summed E-state index contributed by atoms with van der Waals surface area (Å²) in [6, 6.07) is 8.10. The Kier molecular flexibility index (Phi) is 4.02. The number of hydrogen-bond donors (Lipinski definition) is 1. The number of hydrogen-bond acceptors (Lipinski definition) is 3. The van der Waals surface area contributed by atoms with Gasteiger partial charge in [-0.3, -0.25) is 0 Å². The molecule has 0 bridgehead atoms. The lowest BCUT2D eigenvalue weighted by Crippen LogP contribution is -2.18. The predicted molar refractivity (Wildman–Crippen MR) is 68.1 cm³/mol. The number of nitrogens with two attached hydrogens (primary N) is 1. The number of benzene rings is 1. The largest absolute Gasteiger partial charge is 0.490 e. The normalized spacial score (nSPS) is 18.8. The quantitative estimate of drug-likeness (QED) is 0.824. The van der Waals surface area contributed by atoms with Crippen LogP contribution in [0.2, 0.25) is 0 Å². The molecule has 0 saturated heterocycles. The highest BCUT2D eigenvalue weighted by Gasteiger charge is 2.23. The molecule has 2 rings (SSSR count). The summed E-state index contributed by atoms with van der Waals surface area (Å²) in [6.45, 7) is 2.03. The summed E-state index contributed by atoms with van der Waals surface area (Å²) in [4.78, 5) is 0. The van der Waals surface area contributed by atoms with Crippen LogP contribution in [0.15, 0.2) is 24.3 Å². The summed E-state index contributed by atoms with van der Waals surface area (Å²) in [5.74, 6) is 0.936. The number of ether oxygens (including phenoxy) is 2. The zero-order chi connectivity index (χ0) is 12.3. The molecule has 1 aromatic rings. The third kappa shape index (κ3) is 3.72. The average Bonchev–Trinajstić information content (AvgIpc) is 3.13. The molecule has 1 aromatic carbocycles. The van der Waals surface area contributed by atoms with Gasteiger partial charge < -0.3 is 15.2 Å². The Labute approximate surface area is 103 Å². The molecule has 94 valence electrons. The predicted octanol–water partition coefficient (Wildman–Crippen LogP) is 2.65. The van der Waals surface area contributed by atoms with Gasteiger partial charge in [0.2, 0.25) is 0 Å². The van der Waals surface area contributed by atoms with E-state index in [2.05, 4.69) is 0 Å². The van der Waals surface area contributed by atoms with Crippen molar-refractivity contribution in [2.75, 3.05) is 7.11 Å². The Morgan fingerprint density at radius 1 is 1.41 bits per heavy atom. The molecular formula is C14H21NO2. The van der Waals surface area contributed by atoms with Crippen molar-refractivity contribution >= 4 is 0 Å². The highest BCUT2D eigenvalue weighted by atomic mass is 16.5. The minimum absolute atomic E-state index is 0.00713. The van der Waals surface area contributed by atoms with Gasteiger partial charge >= 0.3 is 0 Å². The molecule has 0 aliphatic heterocycles. The van der Waals surface area contributed by atoms with Crippen molar-refractivity contribution in [2.24, 2.45) is 5.73 Å². The van der Waals surface area contributed by atoms with Crippen LogP contribution in [0.1, 0.15) is 37.8 Å². The topological polar surface area (TPSA) is 44.5 Å². The maximum Gasteiger partial charge on any atom is 0.120 e. The first-order chi connectivity index (χ1) is 8.19. The molecule has 0 amide bonds. The summed E-state index contributed by atoms with van der Waals surface area (Å²) in [6.07, 6.45) is 3.79. The number of rotatable bonds is 6. The molecule has 1 fully saturated rings. The smallest absolute Gasteiger partial charge is 0.120 e. The first kappa shape index (κ1) is 12.4. The minimum Gasteiger partial charge on any atom is -0.490 e. The fourth-order valence-corrected chi connectivity index (χ4v) is 1.79. The molecule has 1 aliphatic carbocycles. The highest BCUT2D eigenvalue weighted by molar-refractivity contribution is 5.31. The molecule has 3 nitrogen and oxygen atoms in total. The molecule has 17 heavy (non-hydrogen) atoms. The van der Waals surface area contributed by atoms with Gasteiger partial charge in [0, 0.05) is 13.2 Å². The van der Waals surface area contributed by atoms with E-state index >= 15 is 0 Å². The first-order valence-electron chi connectivity index (χ1n) is 6.24. The Balaban J connectivity index is 1.98. The average molecular weight is 235 g/mol. The van der Waals surface area contributed by atoms with Crippen LogP contribution in [0.3, 0.4) is 0 Å². The zero-order valence-corrected chi connectivity index (χ0v) is 10.6. The van der Waals surface area contributed by atoms with Crippen LogP contribution in [0.5, 0.6) is 5.75 Å². The van der Waals surface area contributed by atoms with Crippen molar-refractivity contribution in [3.8, 4) is 5.75 Å². The molecular weight excluding hydrogens is 214 g/mol. The molecule has 0 heterocycles. The molecule has 1 saturated carbocycles. The SMILES string of the molecule is COC(C)CC(N)c1cccc(OC2CC2)c1. The first-order valence-corrected chi connectivity index (χ1v) is 6.24. The third-order valence-corrected chi connectivity index (χ3v) is 3.10. The molecule has 0 aromatic heterocycles. The second-order valence-corrected chi connectivity index (χ2v) is 4.78. The van der Waals surface area contributed by atoms with Crippen LogP contribution >= 0.6 is 0 Å². The standard InChI is InChI=1S/C14H21NO2/c1-10(16-2)8-14(15)11-4-3-5-13(9-11)17-12-6-7-12/h3-5,9-10,12,14H,6-8,15H2,1-2H3. The maximum atomic E-state index is 6.15. The van der Waals surface area contributed by atoms with E-state index in [4.69, 9.17) is 15.2 Å². The van der Waals surface area contributed by atoms with Gasteiger partial charge in [-0.15, -0.1) is 0 Å². The van der Waals surface area contributed by atoms with Gasteiger partial charge in [-0.2, -0.15) is 0 Å². The van der Waals surface area contributed by atoms with Gasteiger partial charge in [0.25, 0.3) is 0 Å². The van der Waals surface area contributed by atoms with E-state index in [9.17, 15) is 0 Å². The van der Waals surface area contributed by atoms with E-state index in [1.165, 1.54) is 12.8 Å². The van der Waals surface area contributed by atoms with Crippen molar-refractivity contribution in [3.63, 3.8) is 0 Å². The van der Waals surface area contributed by atoms with Gasteiger partial charge in [0.1, 0.15) is 5.75 Å². The minimum atomic E-state index is 0.00713. The molecule has 2 N–H and O–H groups in total. The molecule has 2 unspecified atom stereocenters. The monoisotopic (exact) mass is 235 g/mol. The summed E-state index contributed by atoms with van der Waals surface area (Å²) >= 11 is 0. The van der Waals surface area contributed by atoms with Crippen molar-refractivity contribution in [1.82, 2.24) is 0 Å². The summed E-state index contributed by atoms with van der Waals surface area (Å²) in [5, 5.41) is 0. The second-order valence-electron chi connectivity index (χ2n) is 4.78. The fraction of sp³-hybridized carbons (Fsp3) is 0.571. The molecule has 0 spiro atoms. The van der Waals surface area contributed by atoms with Crippen LogP contribution in [0, 0.1) is 0 Å². The van der Waals surface area contributed by atoms with E-state index in [0.717, 1.165) is 17.7 Å². The molecule has 0 radical (unpaired) electrons. The van der Waals surface area contributed by atoms with Gasteiger partial charge in [0.15, 0.2) is 0 Å². The zero-order valence-electron chi connectivity index (χ0n) is 10.6. The molecule has 3 heteroatoms. The molecule has 2 atom stereocenters. The van der Waals surface area contributed by atoms with Crippen LogP contribution in [0.4, 0.5) is 0 Å². The third-order valence-electron chi connectivity index (χ3n) is 3.10. The van der Waals surface area contributed by atoms with E-state index in [1.807, 2.05) is 31.2 Å². The van der Waals surface area contributed by atoms with Crippen molar-refractivity contribution < 1.29 is 9.47 Å². The lowest BCUT2D eigenvalue weighted by Gasteiger charge is -2.17. The van der Waals surface area contributed by atoms with E-state index in [-0.39, 0.29) is 12.1 Å². The van der Waals surface area contributed by atoms with Crippen LogP contribution in [-0.2, 0) is 4.74 Å². The molecule has 1 aliphatic rings. The van der Waals surface area contributed by atoms with Crippen molar-refractivity contribution in [1.29, 1.82) is 0 Å². The fourth-order valence-electron chi connectivity index (χ4n) is 1.79. The highest BCUT2D eigenvalue weighted by Crippen LogP contribution is 2.28. The van der Waals surface area contributed by atoms with Crippen molar-refractivity contribution in [3.05, 3.63) is 29.8 Å². The van der Waals surface area contributed by atoms with Crippen LogP contribution in [-0.4, -0.2) is 19.3 Å². The Morgan fingerprint density at radius 2 is 2.18 bits per heavy atom. The number of methoxy groups -OCH3 is 1. The Morgan fingerprint density at radius 3 is 2.82 bits per heavy atom. The Bertz CT molecular complexity index is 363.